The predicted octanol–water partition coefficient (Wildman–Crippen LogP) is 1.32. The molecule has 8 heteroatoms. The third kappa shape index (κ3) is 4.35. The first-order valence-corrected chi connectivity index (χ1v) is 8.66. The van der Waals surface area contributed by atoms with Crippen molar-refractivity contribution in [2.45, 2.75) is 30.5 Å². The molecule has 1 aliphatic carbocycles. The number of ether oxygens (including phenoxy) is 1. The molecule has 0 unspecified atom stereocenters. The van der Waals surface area contributed by atoms with Crippen molar-refractivity contribution in [3.8, 4) is 0 Å². The Kier molecular flexibility index (Phi) is 5.14. The lowest BCUT2D eigenvalue weighted by Gasteiger charge is -2.09. The van der Waals surface area contributed by atoms with Crippen LogP contribution in [0.3, 0.4) is 0 Å². The molecular weight excluding hydrogens is 328 g/mol. The average molecular weight is 346 g/mol. The molecule has 0 aliphatic heterocycles. The van der Waals surface area contributed by atoms with Crippen LogP contribution in [0.1, 0.15) is 30.1 Å². The summed E-state index contributed by atoms with van der Waals surface area (Å²) in [5.74, 6) is 0.312. The van der Waals surface area contributed by atoms with Gasteiger partial charge in [0.15, 0.2) is 11.8 Å². The maximum Gasteiger partial charge on any atom is 0.316 e. The lowest BCUT2D eigenvalue weighted by molar-refractivity contribution is -0.145. The largest absolute Gasteiger partial charge is 0.455 e. The summed E-state index contributed by atoms with van der Waals surface area (Å²) in [7, 11) is 0. The molecule has 1 saturated carbocycles. The second kappa shape index (κ2) is 7.48. The van der Waals surface area contributed by atoms with Crippen molar-refractivity contribution in [3.63, 3.8) is 0 Å². The highest BCUT2D eigenvalue weighted by Gasteiger charge is 2.30. The first-order valence-electron chi connectivity index (χ1n) is 7.67. The van der Waals surface area contributed by atoms with Gasteiger partial charge in [-0.3, -0.25) is 9.59 Å². The first kappa shape index (κ1) is 16.5. The molecule has 1 aliphatic rings. The Labute approximate surface area is 143 Å². The van der Waals surface area contributed by atoms with E-state index in [0.717, 1.165) is 24.2 Å². The van der Waals surface area contributed by atoms with Crippen molar-refractivity contribution in [3.05, 3.63) is 41.7 Å². The van der Waals surface area contributed by atoms with E-state index in [-0.39, 0.29) is 5.75 Å². The number of aromatic nitrogens is 3. The highest BCUT2D eigenvalue weighted by molar-refractivity contribution is 7.99. The van der Waals surface area contributed by atoms with E-state index in [1.165, 1.54) is 11.8 Å². The first-order chi connectivity index (χ1) is 11.6. The Morgan fingerprint density at radius 2 is 2.00 bits per heavy atom. The summed E-state index contributed by atoms with van der Waals surface area (Å²) < 4.78 is 6.81. The Hall–Kier alpha value is -2.35. The van der Waals surface area contributed by atoms with Gasteiger partial charge in [-0.05, 0) is 18.4 Å². The summed E-state index contributed by atoms with van der Waals surface area (Å²) in [6.07, 6.45) is 2.25. The fraction of sp³-hybridized carbons (Fsp3) is 0.375. The van der Waals surface area contributed by atoms with E-state index < -0.39 is 18.5 Å². The number of carbonyl (C=O) groups is 2. The monoisotopic (exact) mass is 346 g/mol. The normalized spacial score (nSPS) is 13.7. The molecule has 1 aromatic heterocycles. The Morgan fingerprint density at radius 1 is 1.25 bits per heavy atom. The standard InChI is InChI=1S/C16H18N4O3S/c17-13(21)9-23-14(22)10-24-16-19-18-15(12-6-7-12)20(16)8-11-4-2-1-3-5-11/h1-5,12H,6-10H2,(H2,17,21). The van der Waals surface area contributed by atoms with E-state index in [1.54, 1.807) is 0 Å². The van der Waals surface area contributed by atoms with Crippen LogP contribution in [0.25, 0.3) is 0 Å². The maximum atomic E-state index is 11.6. The molecule has 1 amide bonds. The van der Waals surface area contributed by atoms with Gasteiger partial charge in [0.25, 0.3) is 5.91 Å². The second-order valence-electron chi connectivity index (χ2n) is 5.60. The summed E-state index contributed by atoms with van der Waals surface area (Å²) >= 11 is 1.25. The van der Waals surface area contributed by atoms with Crippen LogP contribution >= 0.6 is 11.8 Å². The minimum Gasteiger partial charge on any atom is -0.455 e. The second-order valence-corrected chi connectivity index (χ2v) is 6.54. The summed E-state index contributed by atoms with van der Waals surface area (Å²) in [5.41, 5.74) is 6.10. The van der Waals surface area contributed by atoms with Crippen LogP contribution in [0.15, 0.2) is 35.5 Å². The van der Waals surface area contributed by atoms with Gasteiger partial charge in [-0.15, -0.1) is 10.2 Å². The number of primary amides is 1. The molecule has 0 saturated heterocycles. The summed E-state index contributed by atoms with van der Waals surface area (Å²) in [4.78, 5) is 22.3. The number of nitrogens with two attached hydrogens (primary N) is 1. The lowest BCUT2D eigenvalue weighted by Crippen LogP contribution is -2.21. The van der Waals surface area contributed by atoms with Crippen molar-refractivity contribution in [2.75, 3.05) is 12.4 Å². The fourth-order valence-electron chi connectivity index (χ4n) is 2.28. The highest BCUT2D eigenvalue weighted by Crippen LogP contribution is 2.40. The van der Waals surface area contributed by atoms with Crippen molar-refractivity contribution in [2.24, 2.45) is 5.73 Å². The fourth-order valence-corrected chi connectivity index (χ4v) is 3.02. The van der Waals surface area contributed by atoms with E-state index in [9.17, 15) is 9.59 Å². The van der Waals surface area contributed by atoms with Crippen LogP contribution in [0, 0.1) is 0 Å². The third-order valence-electron chi connectivity index (χ3n) is 3.57. The molecule has 126 valence electrons. The van der Waals surface area contributed by atoms with Gasteiger partial charge in [0.05, 0.1) is 12.3 Å². The number of rotatable bonds is 8. The van der Waals surface area contributed by atoms with Gasteiger partial charge in [-0.25, -0.2) is 0 Å². The summed E-state index contributed by atoms with van der Waals surface area (Å²) in [5, 5.41) is 9.19. The molecule has 1 heterocycles. The molecular formula is C16H18N4O3S. The number of nitrogens with zero attached hydrogens (tertiary/aromatic N) is 3. The minimum absolute atomic E-state index is 0.0604. The number of hydrogen-bond donors (Lipinski definition) is 1. The zero-order valence-electron chi connectivity index (χ0n) is 13.1. The quantitative estimate of drug-likeness (QED) is 0.572. The summed E-state index contributed by atoms with van der Waals surface area (Å²) in [6, 6.07) is 10.1. The topological polar surface area (TPSA) is 100 Å². The number of esters is 1. The Morgan fingerprint density at radius 3 is 2.67 bits per heavy atom. The van der Waals surface area contributed by atoms with Crippen LogP contribution in [0.2, 0.25) is 0 Å². The Bertz CT molecular complexity index is 728. The van der Waals surface area contributed by atoms with Crippen LogP contribution < -0.4 is 5.73 Å². The number of carbonyl (C=O) groups excluding carboxylic acids is 2. The van der Waals surface area contributed by atoms with Crippen LogP contribution in [0.5, 0.6) is 0 Å². The number of amides is 1. The van der Waals surface area contributed by atoms with Gasteiger partial charge in [0.1, 0.15) is 5.82 Å². The van der Waals surface area contributed by atoms with Gasteiger partial charge in [0.2, 0.25) is 0 Å². The summed E-state index contributed by atoms with van der Waals surface area (Å²) in [6.45, 7) is 0.266. The molecule has 3 rings (SSSR count). The van der Waals surface area contributed by atoms with E-state index in [1.807, 2.05) is 30.3 Å². The molecule has 0 radical (unpaired) electrons. The van der Waals surface area contributed by atoms with E-state index in [4.69, 9.17) is 10.5 Å². The van der Waals surface area contributed by atoms with E-state index in [2.05, 4.69) is 14.8 Å². The van der Waals surface area contributed by atoms with Gasteiger partial charge < -0.3 is 15.0 Å². The smallest absolute Gasteiger partial charge is 0.316 e. The van der Waals surface area contributed by atoms with E-state index in [0.29, 0.717) is 17.6 Å². The average Bonchev–Trinajstić information content (AvgIpc) is 3.34. The molecule has 1 aromatic carbocycles. The molecule has 7 nitrogen and oxygen atoms in total. The molecule has 2 N–H and O–H groups in total. The molecule has 0 bridgehead atoms. The van der Waals surface area contributed by atoms with Crippen LogP contribution in [-0.4, -0.2) is 39.0 Å². The number of thioether (sulfide) groups is 1. The molecule has 2 aromatic rings. The van der Waals surface area contributed by atoms with Crippen molar-refractivity contribution in [1.29, 1.82) is 0 Å². The zero-order valence-corrected chi connectivity index (χ0v) is 13.9. The zero-order chi connectivity index (χ0) is 16.9. The van der Waals surface area contributed by atoms with Crippen LogP contribution in [0.4, 0.5) is 0 Å². The minimum atomic E-state index is -0.670. The van der Waals surface area contributed by atoms with Crippen molar-refractivity contribution in [1.82, 2.24) is 14.8 Å². The molecule has 0 spiro atoms. The number of hydrogen-bond acceptors (Lipinski definition) is 6. The van der Waals surface area contributed by atoms with Gasteiger partial charge in [-0.2, -0.15) is 0 Å². The SMILES string of the molecule is NC(=O)COC(=O)CSc1nnc(C2CC2)n1Cc1ccccc1. The molecule has 1 fully saturated rings. The van der Waals surface area contributed by atoms with Gasteiger partial charge >= 0.3 is 5.97 Å². The maximum absolute atomic E-state index is 11.6. The van der Waals surface area contributed by atoms with Crippen molar-refractivity contribution < 1.29 is 14.3 Å². The molecule has 24 heavy (non-hydrogen) atoms. The molecule has 0 atom stereocenters. The van der Waals surface area contributed by atoms with E-state index >= 15 is 0 Å². The Balaban J connectivity index is 1.68. The predicted molar refractivity (Wildman–Crippen MR) is 88.4 cm³/mol. The van der Waals surface area contributed by atoms with Crippen molar-refractivity contribution >= 4 is 23.6 Å². The lowest BCUT2D eigenvalue weighted by atomic mass is 10.2. The van der Waals surface area contributed by atoms with Crippen LogP contribution in [-0.2, 0) is 20.9 Å². The third-order valence-corrected chi connectivity index (χ3v) is 4.51. The van der Waals surface area contributed by atoms with Gasteiger partial charge in [-0.1, -0.05) is 42.1 Å². The highest BCUT2D eigenvalue weighted by atomic mass is 32.2. The number of benzene rings is 1. The van der Waals surface area contributed by atoms with Gasteiger partial charge in [0, 0.05) is 5.92 Å².